The van der Waals surface area contributed by atoms with Gasteiger partial charge in [0.05, 0.1) is 11.3 Å². The van der Waals surface area contributed by atoms with Gasteiger partial charge in [-0.15, -0.1) is 35.6 Å². The van der Waals surface area contributed by atoms with E-state index in [1.807, 2.05) is 12.9 Å². The van der Waals surface area contributed by atoms with Crippen LogP contribution in [0.5, 0.6) is 0 Å². The van der Waals surface area contributed by atoms with Gasteiger partial charge in [-0.05, 0) is 6.92 Å². The van der Waals surface area contributed by atoms with E-state index in [9.17, 15) is 0 Å². The summed E-state index contributed by atoms with van der Waals surface area (Å²) >= 11 is 9.53. The average molecular weight is 191 g/mol. The van der Waals surface area contributed by atoms with Gasteiger partial charge in [0.1, 0.15) is 0 Å². The molecule has 0 fully saturated rings. The third kappa shape index (κ3) is 63.7. The molecule has 0 aromatic heterocycles. The third-order valence-electron chi connectivity index (χ3n) is 0.237. The lowest BCUT2D eigenvalue weighted by Gasteiger charge is -1.60. The van der Waals surface area contributed by atoms with Crippen LogP contribution in [0.4, 0.5) is 0 Å². The van der Waals surface area contributed by atoms with Crippen LogP contribution in [-0.4, -0.2) is 17.9 Å². The number of nitrogens with one attached hydrogen (secondary N) is 1. The first-order chi connectivity index (χ1) is 3.83. The van der Waals surface area contributed by atoms with Crippen molar-refractivity contribution < 1.29 is 0 Å². The summed E-state index contributed by atoms with van der Waals surface area (Å²) < 4.78 is 0. The van der Waals surface area contributed by atoms with E-state index in [2.05, 4.69) is 4.99 Å². The van der Waals surface area contributed by atoms with Crippen molar-refractivity contribution in [1.82, 2.24) is 0 Å². The Morgan fingerprint density at radius 1 is 1.56 bits per heavy atom. The minimum absolute atomic E-state index is 0. The van der Waals surface area contributed by atoms with Crippen LogP contribution in [0.1, 0.15) is 6.92 Å². The number of alkyl halides is 2. The van der Waals surface area contributed by atoms with Gasteiger partial charge in [0, 0.05) is 6.54 Å². The van der Waals surface area contributed by atoms with Crippen LogP contribution in [0.2, 0.25) is 0 Å². The highest BCUT2D eigenvalue weighted by Crippen LogP contribution is 1.73. The second-order valence-electron chi connectivity index (χ2n) is 0.687. The Balaban J connectivity index is -0.0000000800. The van der Waals surface area contributed by atoms with E-state index in [0.29, 0.717) is 6.54 Å². The van der Waals surface area contributed by atoms with E-state index in [0.717, 1.165) is 0 Å². The lowest BCUT2D eigenvalue weighted by molar-refractivity contribution is 1.14. The van der Waals surface area contributed by atoms with Gasteiger partial charge in [-0.1, -0.05) is 0 Å². The summed E-state index contributed by atoms with van der Waals surface area (Å²) in [5.74, 6) is 0. The van der Waals surface area contributed by atoms with Gasteiger partial charge in [0.2, 0.25) is 0 Å². The van der Waals surface area contributed by atoms with Gasteiger partial charge >= 0.3 is 0 Å². The highest BCUT2D eigenvalue weighted by atomic mass is 35.5. The minimum atomic E-state index is 0. The number of hydrogen-bond donors (Lipinski definition) is 1. The van der Waals surface area contributed by atoms with E-state index in [1.54, 1.807) is 0 Å². The molecule has 0 aliphatic carbocycles. The molecule has 9 heavy (non-hydrogen) atoms. The van der Waals surface area contributed by atoms with Crippen molar-refractivity contribution in [2.24, 2.45) is 4.99 Å². The Kier molecular flexibility index (Phi) is 43.0. The summed E-state index contributed by atoms with van der Waals surface area (Å²) in [5.41, 5.74) is 0. The smallest absolute Gasteiger partial charge is 0.0967 e. The van der Waals surface area contributed by atoms with Gasteiger partial charge in [-0.25, -0.2) is 10.4 Å². The predicted molar refractivity (Wildman–Crippen MR) is 44.5 cm³/mol. The summed E-state index contributed by atoms with van der Waals surface area (Å²) in [5, 5.41) is 6.38. The Bertz CT molecular complexity index is 70.2. The van der Waals surface area contributed by atoms with Crippen LogP contribution < -0.4 is 0 Å². The van der Waals surface area contributed by atoms with Crippen LogP contribution in [0, 0.1) is 5.41 Å². The second-order valence-corrected chi connectivity index (χ2v) is 1.50. The molecule has 0 spiro atoms. The van der Waals surface area contributed by atoms with Crippen molar-refractivity contribution in [2.75, 3.05) is 11.9 Å². The van der Waals surface area contributed by atoms with E-state index in [4.69, 9.17) is 28.6 Å². The highest BCUT2D eigenvalue weighted by molar-refractivity contribution is 6.40. The Hall–Kier alpha value is 0.250. The van der Waals surface area contributed by atoms with Crippen molar-refractivity contribution in [3.05, 3.63) is 0 Å². The van der Waals surface area contributed by atoms with Crippen LogP contribution >= 0.6 is 35.6 Å². The Morgan fingerprint density at radius 2 is 1.89 bits per heavy atom. The summed E-state index contributed by atoms with van der Waals surface area (Å²) in [6.45, 7) is 2.53. The van der Waals surface area contributed by atoms with Crippen molar-refractivity contribution in [3.8, 4) is 0 Å². The first-order valence-corrected chi connectivity index (χ1v) is 3.10. The van der Waals surface area contributed by atoms with E-state index >= 15 is 0 Å². The topological polar surface area (TPSA) is 36.2 Å². The van der Waals surface area contributed by atoms with Gasteiger partial charge in [0.15, 0.2) is 0 Å². The minimum Gasteiger partial charge on any atom is -0.242 e. The number of hydrogen-bond acceptors (Lipinski definition) is 2. The maximum atomic E-state index is 6.19. The van der Waals surface area contributed by atoms with Crippen molar-refractivity contribution in [1.29, 1.82) is 5.41 Å². The SMILES string of the molecule is CCN=C=N.Cl.ClCCl. The first kappa shape index (κ1) is 16.1. The lowest BCUT2D eigenvalue weighted by Crippen LogP contribution is -1.58. The lowest BCUT2D eigenvalue weighted by atomic mass is 10.8. The summed E-state index contributed by atoms with van der Waals surface area (Å²) in [4.78, 5) is 3.39. The normalized spacial score (nSPS) is 5.22. The van der Waals surface area contributed by atoms with Gasteiger partial charge < -0.3 is 0 Å². The van der Waals surface area contributed by atoms with Gasteiger partial charge in [0.25, 0.3) is 0 Å². The monoisotopic (exact) mass is 190 g/mol. The van der Waals surface area contributed by atoms with Gasteiger partial charge in [-0.3, -0.25) is 0 Å². The number of halogens is 3. The molecular formula is C4H9Cl3N2. The highest BCUT2D eigenvalue weighted by Gasteiger charge is 1.49. The number of rotatable bonds is 1. The van der Waals surface area contributed by atoms with Crippen molar-refractivity contribution >= 4 is 41.6 Å². The molecular weight excluding hydrogens is 182 g/mol. The fraction of sp³-hybridized carbons (Fsp3) is 0.750. The molecule has 5 heteroatoms. The maximum Gasteiger partial charge on any atom is 0.0967 e. The van der Waals surface area contributed by atoms with E-state index in [-0.39, 0.29) is 17.7 Å². The molecule has 0 saturated heterocycles. The summed E-state index contributed by atoms with van der Waals surface area (Å²) in [7, 11) is 0. The molecule has 0 aliphatic rings. The van der Waals surface area contributed by atoms with Crippen molar-refractivity contribution in [3.63, 3.8) is 0 Å². The standard InChI is InChI=1S/C3H6N2.CH2Cl2.ClH/c1-2-5-3-4;2-1-3;/h4H,2H2,1H3;1H2;1H. The zero-order valence-electron chi connectivity index (χ0n) is 5.03. The molecule has 56 valence electrons. The molecule has 0 atom stereocenters. The Labute approximate surface area is 71.2 Å². The number of nitrogens with zero attached hydrogens (tertiary/aromatic N) is 1. The molecule has 0 unspecified atom stereocenters. The number of aliphatic imine (C=N–C) groups is 1. The quantitative estimate of drug-likeness (QED) is 0.489. The van der Waals surface area contributed by atoms with Crippen LogP contribution in [0.3, 0.4) is 0 Å². The summed E-state index contributed by atoms with van der Waals surface area (Å²) in [6.07, 6.45) is 0. The third-order valence-corrected chi connectivity index (χ3v) is 0.237. The maximum absolute atomic E-state index is 6.19. The average Bonchev–Trinajstić information content (AvgIpc) is 1.71. The molecule has 0 aromatic carbocycles. The first-order valence-electron chi connectivity index (χ1n) is 2.03. The molecule has 0 aliphatic heterocycles. The molecule has 0 heterocycles. The second kappa shape index (κ2) is 24.0. The molecule has 2 nitrogen and oxygen atoms in total. The zero-order chi connectivity index (χ0) is 6.83. The van der Waals surface area contributed by atoms with Gasteiger partial charge in [-0.2, -0.15) is 0 Å². The van der Waals surface area contributed by atoms with E-state index < -0.39 is 0 Å². The molecule has 0 bridgehead atoms. The molecule has 0 rings (SSSR count). The molecule has 0 saturated carbocycles. The van der Waals surface area contributed by atoms with E-state index in [1.165, 1.54) is 0 Å². The van der Waals surface area contributed by atoms with Crippen LogP contribution in [-0.2, 0) is 0 Å². The largest absolute Gasteiger partial charge is 0.242 e. The van der Waals surface area contributed by atoms with Crippen molar-refractivity contribution in [2.45, 2.75) is 6.92 Å². The Morgan fingerprint density at radius 3 is 1.89 bits per heavy atom. The molecule has 0 amide bonds. The fourth-order valence-electron chi connectivity index (χ4n) is 0.0791. The molecule has 1 N–H and O–H groups in total. The fourth-order valence-corrected chi connectivity index (χ4v) is 0.0791. The molecule has 0 radical (unpaired) electrons. The summed E-state index contributed by atoms with van der Waals surface area (Å²) in [6, 6.07) is 1.89. The van der Waals surface area contributed by atoms with Crippen LogP contribution in [0.15, 0.2) is 4.99 Å². The van der Waals surface area contributed by atoms with Crippen LogP contribution in [0.25, 0.3) is 0 Å². The predicted octanol–water partition coefficient (Wildman–Crippen LogP) is 2.60. The zero-order valence-corrected chi connectivity index (χ0v) is 7.35. The molecule has 0 aromatic rings.